The van der Waals surface area contributed by atoms with Crippen LogP contribution in [0, 0.1) is 0 Å². The molecule has 0 bridgehead atoms. The molecule has 0 atom stereocenters. The maximum atomic E-state index is 6.60. The van der Waals surface area contributed by atoms with Gasteiger partial charge in [-0.15, -0.1) is 0 Å². The summed E-state index contributed by atoms with van der Waals surface area (Å²) in [6.07, 6.45) is 0. The van der Waals surface area contributed by atoms with Crippen molar-refractivity contribution in [1.82, 2.24) is 4.57 Å². The molecule has 0 aliphatic carbocycles. The van der Waals surface area contributed by atoms with Crippen LogP contribution in [-0.4, -0.2) is 22.9 Å². The Bertz CT molecular complexity index is 2480. The van der Waals surface area contributed by atoms with Gasteiger partial charge in [-0.1, -0.05) is 97.1 Å². The average Bonchev–Trinajstić information content (AvgIpc) is 3.53. The highest BCUT2D eigenvalue weighted by atomic mass is 16.7. The number of nitrogens with zero attached hydrogens (tertiary/aromatic N) is 1. The monoisotopic (exact) mass is 595 g/mol. The summed E-state index contributed by atoms with van der Waals surface area (Å²) in [5.74, 6) is 0. The molecule has 8 aromatic rings. The van der Waals surface area contributed by atoms with Crippen LogP contribution in [0.1, 0.15) is 27.7 Å². The second-order valence-corrected chi connectivity index (χ2v) is 13.6. The van der Waals surface area contributed by atoms with Crippen molar-refractivity contribution >= 4 is 66.7 Å². The smallest absolute Gasteiger partial charge is 0.399 e. The number of hydrogen-bond donors (Lipinski definition) is 0. The zero-order valence-corrected chi connectivity index (χ0v) is 26.5. The average molecular weight is 596 g/mol. The largest absolute Gasteiger partial charge is 0.495 e. The van der Waals surface area contributed by atoms with Crippen LogP contribution in [0.2, 0.25) is 0 Å². The van der Waals surface area contributed by atoms with Gasteiger partial charge in [-0.05, 0) is 113 Å². The topological polar surface area (TPSA) is 23.4 Å². The fourth-order valence-corrected chi connectivity index (χ4v) is 7.39. The van der Waals surface area contributed by atoms with Crippen molar-refractivity contribution in [3.05, 3.63) is 133 Å². The van der Waals surface area contributed by atoms with Gasteiger partial charge in [-0.25, -0.2) is 0 Å². The fourth-order valence-electron chi connectivity index (χ4n) is 7.39. The van der Waals surface area contributed by atoms with Gasteiger partial charge in [-0.3, -0.25) is 0 Å². The van der Waals surface area contributed by atoms with E-state index in [1.54, 1.807) is 0 Å². The molecule has 2 heterocycles. The number of rotatable bonds is 3. The zero-order valence-electron chi connectivity index (χ0n) is 26.5. The summed E-state index contributed by atoms with van der Waals surface area (Å²) in [7, 11) is -0.443. The summed E-state index contributed by atoms with van der Waals surface area (Å²) < 4.78 is 15.6. The van der Waals surface area contributed by atoms with Crippen LogP contribution in [0.5, 0.6) is 0 Å². The van der Waals surface area contributed by atoms with Gasteiger partial charge in [0.05, 0.1) is 22.2 Å². The van der Waals surface area contributed by atoms with Crippen LogP contribution in [0.3, 0.4) is 0 Å². The third-order valence-corrected chi connectivity index (χ3v) is 10.4. The Kier molecular flexibility index (Phi) is 5.84. The van der Waals surface area contributed by atoms with E-state index in [1.807, 2.05) is 0 Å². The Morgan fingerprint density at radius 2 is 1.00 bits per heavy atom. The van der Waals surface area contributed by atoms with E-state index in [9.17, 15) is 0 Å². The molecule has 3 nitrogen and oxygen atoms in total. The molecular formula is C42H34BNO2. The molecule has 0 N–H and O–H groups in total. The molecule has 1 aromatic heterocycles. The molecular weight excluding hydrogens is 561 g/mol. The molecule has 1 aliphatic rings. The third kappa shape index (κ3) is 3.94. The predicted octanol–water partition coefficient (Wildman–Crippen LogP) is 10.2. The molecule has 1 saturated heterocycles. The summed E-state index contributed by atoms with van der Waals surface area (Å²) in [4.78, 5) is 0. The van der Waals surface area contributed by atoms with Gasteiger partial charge in [0.1, 0.15) is 0 Å². The second kappa shape index (κ2) is 9.80. The Hall–Kier alpha value is -4.90. The minimum Gasteiger partial charge on any atom is -0.399 e. The summed E-state index contributed by atoms with van der Waals surface area (Å²) >= 11 is 0. The van der Waals surface area contributed by atoms with E-state index in [-0.39, 0.29) is 0 Å². The lowest BCUT2D eigenvalue weighted by Crippen LogP contribution is -2.41. The number of benzene rings is 7. The van der Waals surface area contributed by atoms with E-state index in [4.69, 9.17) is 9.31 Å². The molecule has 222 valence electrons. The lowest BCUT2D eigenvalue weighted by molar-refractivity contribution is 0.00578. The van der Waals surface area contributed by atoms with Crippen LogP contribution >= 0.6 is 0 Å². The highest BCUT2D eigenvalue weighted by Crippen LogP contribution is 2.41. The first-order chi connectivity index (χ1) is 22.3. The first kappa shape index (κ1) is 27.4. The molecule has 0 amide bonds. The molecule has 46 heavy (non-hydrogen) atoms. The highest BCUT2D eigenvalue weighted by Gasteiger charge is 2.52. The van der Waals surface area contributed by atoms with Crippen LogP contribution in [-0.2, 0) is 9.31 Å². The molecule has 4 heteroatoms. The first-order valence-electron chi connectivity index (χ1n) is 16.1. The normalized spacial score (nSPS) is 16.0. The van der Waals surface area contributed by atoms with Crippen molar-refractivity contribution in [3.8, 4) is 16.8 Å². The van der Waals surface area contributed by atoms with Crippen molar-refractivity contribution in [2.45, 2.75) is 38.9 Å². The first-order valence-corrected chi connectivity index (χ1v) is 16.1. The standard InChI is InChI=1S/C42H34BNO2/c1-41(2)42(3,4)46-43(45-41)37-19-12-18-33-30-15-8-9-16-31(30)35-25-27(21-23-34(35)40(33)37)28-22-24-39-36(26-28)32-17-10-11-20-38(32)44(39)29-13-6-5-7-14-29/h5-26H,1-4H3. The number of aromatic nitrogens is 1. The number of para-hydroxylation sites is 2. The van der Waals surface area contributed by atoms with Gasteiger partial charge < -0.3 is 13.9 Å². The number of fused-ring (bicyclic) bond motifs is 9. The maximum Gasteiger partial charge on any atom is 0.495 e. The van der Waals surface area contributed by atoms with Gasteiger partial charge in [0.2, 0.25) is 0 Å². The van der Waals surface area contributed by atoms with Gasteiger partial charge in [-0.2, -0.15) is 0 Å². The lowest BCUT2D eigenvalue weighted by Gasteiger charge is -2.32. The SMILES string of the molecule is CC1(C)OB(c2cccc3c4ccccc4c4cc(-c5ccc6c(c5)c5ccccc5n6-c5ccccc5)ccc4c23)OC1(C)C. The van der Waals surface area contributed by atoms with Crippen molar-refractivity contribution < 1.29 is 9.31 Å². The van der Waals surface area contributed by atoms with Crippen LogP contribution in [0.25, 0.3) is 70.9 Å². The van der Waals surface area contributed by atoms with Gasteiger partial charge >= 0.3 is 7.12 Å². The molecule has 1 aliphatic heterocycles. The van der Waals surface area contributed by atoms with E-state index >= 15 is 0 Å². The third-order valence-electron chi connectivity index (χ3n) is 10.4. The van der Waals surface area contributed by atoms with Gasteiger partial charge in [0.15, 0.2) is 0 Å². The molecule has 9 rings (SSSR count). The Morgan fingerprint density at radius 1 is 0.457 bits per heavy atom. The highest BCUT2D eigenvalue weighted by molar-refractivity contribution is 6.66. The lowest BCUT2D eigenvalue weighted by atomic mass is 9.74. The Morgan fingerprint density at radius 3 is 1.74 bits per heavy atom. The minimum atomic E-state index is -0.443. The summed E-state index contributed by atoms with van der Waals surface area (Å²) in [5.41, 5.74) is 6.24. The van der Waals surface area contributed by atoms with E-state index in [0.717, 1.165) is 5.46 Å². The van der Waals surface area contributed by atoms with Gasteiger partial charge in [0.25, 0.3) is 0 Å². The van der Waals surface area contributed by atoms with Crippen LogP contribution < -0.4 is 5.46 Å². The minimum absolute atomic E-state index is 0.415. The summed E-state index contributed by atoms with van der Waals surface area (Å²) in [6, 6.07) is 48.5. The fraction of sp³-hybridized carbons (Fsp3) is 0.143. The predicted molar refractivity (Wildman–Crippen MR) is 194 cm³/mol. The summed E-state index contributed by atoms with van der Waals surface area (Å²) in [6.45, 7) is 8.47. The van der Waals surface area contributed by atoms with Gasteiger partial charge in [0, 0.05) is 16.5 Å². The van der Waals surface area contributed by atoms with E-state index in [2.05, 4.69) is 166 Å². The van der Waals surface area contributed by atoms with E-state index < -0.39 is 18.3 Å². The van der Waals surface area contributed by atoms with E-state index in [1.165, 1.54) is 70.9 Å². The second-order valence-electron chi connectivity index (χ2n) is 13.6. The van der Waals surface area contributed by atoms with Crippen molar-refractivity contribution in [2.24, 2.45) is 0 Å². The Balaban J connectivity index is 1.28. The summed E-state index contributed by atoms with van der Waals surface area (Å²) in [5, 5.41) is 9.86. The van der Waals surface area contributed by atoms with Crippen LogP contribution in [0.15, 0.2) is 133 Å². The van der Waals surface area contributed by atoms with Crippen LogP contribution in [0.4, 0.5) is 0 Å². The van der Waals surface area contributed by atoms with Crippen molar-refractivity contribution in [2.75, 3.05) is 0 Å². The maximum absolute atomic E-state index is 6.60. The molecule has 0 spiro atoms. The molecule has 1 fully saturated rings. The molecule has 0 saturated carbocycles. The van der Waals surface area contributed by atoms with E-state index in [0.29, 0.717) is 0 Å². The van der Waals surface area contributed by atoms with Crippen molar-refractivity contribution in [1.29, 1.82) is 0 Å². The zero-order chi connectivity index (χ0) is 31.2. The quantitative estimate of drug-likeness (QED) is 0.150. The molecule has 7 aromatic carbocycles. The Labute approximate surface area is 269 Å². The van der Waals surface area contributed by atoms with Crippen molar-refractivity contribution in [3.63, 3.8) is 0 Å². The molecule has 0 unspecified atom stereocenters. The number of hydrogen-bond acceptors (Lipinski definition) is 2. The molecule has 0 radical (unpaired) electrons.